The molecule has 1 saturated heterocycles. The lowest BCUT2D eigenvalue weighted by Gasteiger charge is -2.30. The van der Waals surface area contributed by atoms with E-state index in [2.05, 4.69) is 15.2 Å². The minimum atomic E-state index is -4.31. The minimum absolute atomic E-state index is 0.0450. The Morgan fingerprint density at radius 2 is 2.02 bits per heavy atom. The van der Waals surface area contributed by atoms with Gasteiger partial charge in [0, 0.05) is 11.9 Å². The lowest BCUT2D eigenvalue weighted by molar-refractivity contribution is -0.147. The van der Waals surface area contributed by atoms with E-state index in [4.69, 9.17) is 18.5 Å². The SMILES string of the molecule is CCOC(=O)[C@H](C)CNP(=O)(OC[C@H]1O[C@@](C#N)(c2ccc3c(C)ncnn23)[C@](C)(F)[C@@H]1O)Oc1cccc2ccccc12. The molecular formula is C30H33FN5O7P. The van der Waals surface area contributed by atoms with Crippen LogP contribution in [0.3, 0.4) is 0 Å². The highest BCUT2D eigenvalue weighted by atomic mass is 31.2. The molecular weight excluding hydrogens is 592 g/mol. The van der Waals surface area contributed by atoms with Gasteiger partial charge in [0.25, 0.3) is 0 Å². The van der Waals surface area contributed by atoms with Crippen LogP contribution in [0, 0.1) is 24.2 Å². The average molecular weight is 626 g/mol. The Morgan fingerprint density at radius 3 is 2.77 bits per heavy atom. The normalized spacial score (nSPS) is 25.4. The van der Waals surface area contributed by atoms with Gasteiger partial charge in [0.1, 0.15) is 30.4 Å². The van der Waals surface area contributed by atoms with Gasteiger partial charge in [0.2, 0.25) is 5.60 Å². The van der Waals surface area contributed by atoms with E-state index in [1.165, 1.54) is 16.9 Å². The molecule has 0 saturated carbocycles. The molecule has 5 rings (SSSR count). The monoisotopic (exact) mass is 625 g/mol. The summed E-state index contributed by atoms with van der Waals surface area (Å²) in [4.78, 5) is 16.4. The van der Waals surface area contributed by atoms with Crippen LogP contribution in [0.5, 0.6) is 5.75 Å². The third kappa shape index (κ3) is 5.56. The number of hydrogen-bond acceptors (Lipinski definition) is 10. The zero-order chi connectivity index (χ0) is 31.7. The number of alkyl halides is 1. The first-order valence-electron chi connectivity index (χ1n) is 14.1. The van der Waals surface area contributed by atoms with Crippen LogP contribution in [-0.2, 0) is 29.0 Å². The second-order valence-electron chi connectivity index (χ2n) is 10.7. The second-order valence-corrected chi connectivity index (χ2v) is 12.5. The summed E-state index contributed by atoms with van der Waals surface area (Å²) in [6.07, 6.45) is -2.06. The van der Waals surface area contributed by atoms with Gasteiger partial charge in [0.05, 0.1) is 36.0 Å². The Bertz CT molecular complexity index is 1770. The molecule has 3 heterocycles. The number of esters is 1. The first-order valence-corrected chi connectivity index (χ1v) is 15.6. The van der Waals surface area contributed by atoms with Gasteiger partial charge in [-0.05, 0) is 44.4 Å². The van der Waals surface area contributed by atoms with Gasteiger partial charge in [-0.25, -0.2) is 23.5 Å². The van der Waals surface area contributed by atoms with E-state index >= 15 is 4.39 Å². The van der Waals surface area contributed by atoms with Crippen molar-refractivity contribution in [1.82, 2.24) is 19.7 Å². The summed E-state index contributed by atoms with van der Waals surface area (Å²) in [5, 5.41) is 29.7. The maximum atomic E-state index is 16.4. The van der Waals surface area contributed by atoms with E-state index in [0.29, 0.717) is 16.6 Å². The average Bonchev–Trinajstić information content (AvgIpc) is 3.53. The minimum Gasteiger partial charge on any atom is -0.466 e. The molecule has 232 valence electrons. The van der Waals surface area contributed by atoms with Crippen LogP contribution in [0.2, 0.25) is 0 Å². The summed E-state index contributed by atoms with van der Waals surface area (Å²) in [5.74, 6) is -1.01. The number of rotatable bonds is 11. The Kier molecular flexibility index (Phi) is 8.75. The topological polar surface area (TPSA) is 157 Å². The molecule has 2 aromatic carbocycles. The summed E-state index contributed by atoms with van der Waals surface area (Å²) in [7, 11) is -4.31. The van der Waals surface area contributed by atoms with Gasteiger partial charge < -0.3 is 19.1 Å². The smallest absolute Gasteiger partial charge is 0.458 e. The van der Waals surface area contributed by atoms with E-state index in [-0.39, 0.29) is 24.6 Å². The molecule has 2 N–H and O–H groups in total. The van der Waals surface area contributed by atoms with Crippen LogP contribution in [0.25, 0.3) is 16.3 Å². The molecule has 1 aliphatic heterocycles. The zero-order valence-corrected chi connectivity index (χ0v) is 25.5. The molecule has 1 fully saturated rings. The number of carbonyl (C=O) groups excluding carboxylic acids is 1. The Labute approximate surface area is 253 Å². The number of aliphatic hydroxyl groups excluding tert-OH is 1. The molecule has 0 bridgehead atoms. The molecule has 0 amide bonds. The largest absolute Gasteiger partial charge is 0.466 e. The Balaban J connectivity index is 1.44. The quantitative estimate of drug-likeness (QED) is 0.180. The van der Waals surface area contributed by atoms with Gasteiger partial charge in [-0.1, -0.05) is 43.3 Å². The molecule has 44 heavy (non-hydrogen) atoms. The van der Waals surface area contributed by atoms with E-state index in [1.54, 1.807) is 51.1 Å². The summed E-state index contributed by atoms with van der Waals surface area (Å²) in [6.45, 7) is 5.44. The third-order valence-electron chi connectivity index (χ3n) is 7.74. The van der Waals surface area contributed by atoms with Crippen molar-refractivity contribution in [2.45, 2.75) is 51.2 Å². The molecule has 0 spiro atoms. The highest BCUT2D eigenvalue weighted by molar-refractivity contribution is 7.52. The molecule has 1 unspecified atom stereocenters. The van der Waals surface area contributed by atoms with Crippen molar-refractivity contribution in [3.8, 4) is 11.8 Å². The summed E-state index contributed by atoms with van der Waals surface area (Å²) >= 11 is 0. The highest BCUT2D eigenvalue weighted by Gasteiger charge is 2.67. The standard InChI is InChI=1S/C30H33FN5O7P/c1-5-40-28(38)19(2)15-35-44(39,43-24-12-8-10-21-9-6-7-11-22(21)24)41-16-25-27(37)29(4,31)30(17-32,42-25)26-14-13-23-20(3)33-18-34-36(23)26/h6-14,18-19,25,27,37H,5,15-16H2,1-4H3,(H,35,39)/t19-,25-,27-,29-,30+,44?/m1/s1. The predicted octanol–water partition coefficient (Wildman–Crippen LogP) is 4.39. The Morgan fingerprint density at radius 1 is 1.27 bits per heavy atom. The van der Waals surface area contributed by atoms with Gasteiger partial charge in [-0.15, -0.1) is 0 Å². The number of nitriles is 1. The number of aromatic nitrogens is 3. The van der Waals surface area contributed by atoms with Crippen molar-refractivity contribution in [2.75, 3.05) is 19.8 Å². The van der Waals surface area contributed by atoms with Crippen LogP contribution in [0.4, 0.5) is 4.39 Å². The maximum absolute atomic E-state index is 16.4. The molecule has 14 heteroatoms. The number of aryl methyl sites for hydroxylation is 1. The number of benzene rings is 2. The first-order chi connectivity index (χ1) is 21.0. The van der Waals surface area contributed by atoms with Crippen molar-refractivity contribution in [1.29, 1.82) is 5.26 Å². The highest BCUT2D eigenvalue weighted by Crippen LogP contribution is 2.52. The number of aliphatic hydroxyl groups is 1. The number of hydrogen-bond donors (Lipinski definition) is 2. The van der Waals surface area contributed by atoms with E-state index in [9.17, 15) is 19.7 Å². The lowest BCUT2D eigenvalue weighted by Crippen LogP contribution is -2.48. The molecule has 2 aromatic heterocycles. The zero-order valence-electron chi connectivity index (χ0n) is 24.6. The second kappa shape index (κ2) is 12.2. The summed E-state index contributed by atoms with van der Waals surface area (Å²) < 4.78 is 54.7. The van der Waals surface area contributed by atoms with Crippen LogP contribution in [-0.4, -0.2) is 63.3 Å². The number of nitrogens with one attached hydrogen (secondary N) is 1. The predicted molar refractivity (Wildman–Crippen MR) is 157 cm³/mol. The van der Waals surface area contributed by atoms with Crippen molar-refractivity contribution in [2.24, 2.45) is 5.92 Å². The Hall–Kier alpha value is -3.92. The number of carbonyl (C=O) groups is 1. The number of ether oxygens (including phenoxy) is 2. The molecule has 0 aliphatic carbocycles. The van der Waals surface area contributed by atoms with Crippen molar-refractivity contribution >= 4 is 30.0 Å². The fourth-order valence-corrected chi connectivity index (χ4v) is 6.68. The summed E-state index contributed by atoms with van der Waals surface area (Å²) in [6, 6.07) is 17.5. The van der Waals surface area contributed by atoms with Crippen LogP contribution in [0.1, 0.15) is 32.2 Å². The molecule has 0 radical (unpaired) electrons. The van der Waals surface area contributed by atoms with Gasteiger partial charge in [-0.2, -0.15) is 10.4 Å². The number of halogens is 1. The van der Waals surface area contributed by atoms with Crippen molar-refractivity contribution in [3.05, 3.63) is 72.3 Å². The summed E-state index contributed by atoms with van der Waals surface area (Å²) in [5.41, 5.74) is -3.79. The lowest BCUT2D eigenvalue weighted by atomic mass is 9.82. The van der Waals surface area contributed by atoms with Crippen LogP contribution in [0.15, 0.2) is 60.9 Å². The molecule has 12 nitrogen and oxygen atoms in total. The van der Waals surface area contributed by atoms with Crippen LogP contribution < -0.4 is 9.61 Å². The van der Waals surface area contributed by atoms with E-state index < -0.39 is 49.7 Å². The van der Waals surface area contributed by atoms with Gasteiger partial charge in [-0.3, -0.25) is 9.32 Å². The maximum Gasteiger partial charge on any atom is 0.458 e. The number of nitrogens with zero attached hydrogens (tertiary/aromatic N) is 4. The third-order valence-corrected chi connectivity index (χ3v) is 9.24. The van der Waals surface area contributed by atoms with E-state index in [1.807, 2.05) is 24.3 Å². The molecule has 1 aliphatic rings. The van der Waals surface area contributed by atoms with Crippen LogP contribution >= 0.6 is 7.75 Å². The van der Waals surface area contributed by atoms with Crippen molar-refractivity contribution in [3.63, 3.8) is 0 Å². The first kappa shape index (κ1) is 31.5. The molecule has 6 atom stereocenters. The van der Waals surface area contributed by atoms with Crippen molar-refractivity contribution < 1.29 is 37.4 Å². The molecule has 4 aromatic rings. The van der Waals surface area contributed by atoms with Gasteiger partial charge >= 0.3 is 13.7 Å². The fraction of sp³-hybridized carbons (Fsp3) is 0.400. The fourth-order valence-electron chi connectivity index (χ4n) is 5.21. The number of fused-ring (bicyclic) bond motifs is 2. The van der Waals surface area contributed by atoms with Gasteiger partial charge in [0.15, 0.2) is 5.67 Å². The van der Waals surface area contributed by atoms with E-state index in [0.717, 1.165) is 12.3 Å².